The van der Waals surface area contributed by atoms with E-state index < -0.39 is 0 Å². The summed E-state index contributed by atoms with van der Waals surface area (Å²) in [4.78, 5) is 24.9. The van der Waals surface area contributed by atoms with Gasteiger partial charge in [0, 0.05) is 43.5 Å². The summed E-state index contributed by atoms with van der Waals surface area (Å²) in [7, 11) is 1.70. The van der Waals surface area contributed by atoms with Crippen LogP contribution < -0.4 is 15.5 Å². The van der Waals surface area contributed by atoms with E-state index in [4.69, 9.17) is 0 Å². The third-order valence-corrected chi connectivity index (χ3v) is 3.64. The second-order valence-electron chi connectivity index (χ2n) is 5.87. The summed E-state index contributed by atoms with van der Waals surface area (Å²) in [6, 6.07) is 8.73. The molecule has 24 heavy (non-hydrogen) atoms. The average Bonchev–Trinajstić information content (AvgIpc) is 2.91. The number of carbonyl (C=O) groups excluding carboxylic acids is 2. The number of hydrogen-bond acceptors (Lipinski definition) is 3. The molecule has 0 aliphatic rings. The van der Waals surface area contributed by atoms with E-state index in [-0.39, 0.29) is 18.0 Å². The molecule has 3 N–H and O–H groups in total. The highest BCUT2D eigenvalue weighted by atomic mass is 16.2. The fourth-order valence-electron chi connectivity index (χ4n) is 2.28. The molecule has 0 aliphatic carbocycles. The van der Waals surface area contributed by atoms with Gasteiger partial charge >= 0.3 is 6.03 Å². The van der Waals surface area contributed by atoms with Gasteiger partial charge in [-0.3, -0.25) is 9.89 Å². The van der Waals surface area contributed by atoms with E-state index in [1.165, 1.54) is 11.8 Å². The number of aryl methyl sites for hydroxylation is 1. The minimum atomic E-state index is -0.276. The first kappa shape index (κ1) is 17.5. The van der Waals surface area contributed by atoms with Gasteiger partial charge in [0.2, 0.25) is 5.91 Å². The van der Waals surface area contributed by atoms with Crippen molar-refractivity contribution in [3.05, 3.63) is 41.7 Å². The summed E-state index contributed by atoms with van der Waals surface area (Å²) in [5.41, 5.74) is 3.35. The molecule has 128 valence electrons. The molecule has 0 fully saturated rings. The molecule has 0 saturated heterocycles. The van der Waals surface area contributed by atoms with Gasteiger partial charge in [-0.1, -0.05) is 0 Å². The fourth-order valence-corrected chi connectivity index (χ4v) is 2.28. The van der Waals surface area contributed by atoms with Crippen molar-refractivity contribution in [2.75, 3.05) is 17.3 Å². The van der Waals surface area contributed by atoms with E-state index in [1.54, 1.807) is 31.3 Å². The Balaban J connectivity index is 1.86. The Morgan fingerprint density at radius 3 is 2.50 bits per heavy atom. The van der Waals surface area contributed by atoms with Crippen molar-refractivity contribution in [1.29, 1.82) is 0 Å². The molecular weight excluding hydrogens is 306 g/mol. The molecule has 2 aromatic rings. The number of nitrogens with zero attached hydrogens (tertiary/aromatic N) is 2. The monoisotopic (exact) mass is 329 g/mol. The lowest BCUT2D eigenvalue weighted by Crippen LogP contribution is -2.37. The Hall–Kier alpha value is -2.83. The fraction of sp³-hybridized carbons (Fsp3) is 0.353. The van der Waals surface area contributed by atoms with Crippen LogP contribution in [0.5, 0.6) is 0 Å². The maximum atomic E-state index is 12.0. The molecule has 1 heterocycles. The maximum absolute atomic E-state index is 12.0. The molecule has 0 spiro atoms. The topological polar surface area (TPSA) is 90.1 Å². The van der Waals surface area contributed by atoms with Crippen molar-refractivity contribution in [3.8, 4) is 0 Å². The molecule has 0 aliphatic heterocycles. The molecule has 0 radical (unpaired) electrons. The maximum Gasteiger partial charge on any atom is 0.319 e. The smallest absolute Gasteiger partial charge is 0.319 e. The van der Waals surface area contributed by atoms with Crippen LogP contribution in [0.4, 0.5) is 16.2 Å². The van der Waals surface area contributed by atoms with Gasteiger partial charge < -0.3 is 15.5 Å². The molecule has 0 bridgehead atoms. The van der Waals surface area contributed by atoms with Gasteiger partial charge in [-0.15, -0.1) is 0 Å². The average molecular weight is 329 g/mol. The highest BCUT2D eigenvalue weighted by Crippen LogP contribution is 2.16. The molecule has 1 atom stereocenters. The lowest BCUT2D eigenvalue weighted by atomic mass is 10.2. The zero-order valence-electron chi connectivity index (χ0n) is 14.4. The Kier molecular flexibility index (Phi) is 5.57. The van der Waals surface area contributed by atoms with Crippen LogP contribution >= 0.6 is 0 Å². The molecule has 7 heteroatoms. The summed E-state index contributed by atoms with van der Waals surface area (Å²) in [5, 5.41) is 12.7. The lowest BCUT2D eigenvalue weighted by molar-refractivity contribution is -0.116. The van der Waals surface area contributed by atoms with Crippen LogP contribution in [-0.4, -0.2) is 35.2 Å². The van der Waals surface area contributed by atoms with E-state index in [0.717, 1.165) is 17.1 Å². The first-order chi connectivity index (χ1) is 11.3. The number of benzene rings is 1. The molecule has 1 aromatic carbocycles. The van der Waals surface area contributed by atoms with E-state index in [0.29, 0.717) is 12.1 Å². The van der Waals surface area contributed by atoms with E-state index >= 15 is 0 Å². The summed E-state index contributed by atoms with van der Waals surface area (Å²) >= 11 is 0. The number of urea groups is 1. The van der Waals surface area contributed by atoms with Crippen molar-refractivity contribution in [2.24, 2.45) is 0 Å². The zero-order chi connectivity index (χ0) is 17.7. The lowest BCUT2D eigenvalue weighted by Gasteiger charge is -2.16. The molecule has 2 rings (SSSR count). The summed E-state index contributed by atoms with van der Waals surface area (Å²) in [6.45, 7) is 5.37. The molecular formula is C17H23N5O2. The first-order valence-corrected chi connectivity index (χ1v) is 7.78. The van der Waals surface area contributed by atoms with Gasteiger partial charge in [0.1, 0.15) is 0 Å². The van der Waals surface area contributed by atoms with Crippen molar-refractivity contribution >= 4 is 23.3 Å². The van der Waals surface area contributed by atoms with Gasteiger partial charge in [-0.25, -0.2) is 4.79 Å². The van der Waals surface area contributed by atoms with E-state index in [1.807, 2.05) is 19.9 Å². The normalized spacial score (nSPS) is 11.7. The quantitative estimate of drug-likeness (QED) is 0.787. The minimum absolute atomic E-state index is 0.0455. The van der Waals surface area contributed by atoms with Gasteiger partial charge in [-0.05, 0) is 44.2 Å². The third-order valence-electron chi connectivity index (χ3n) is 3.64. The van der Waals surface area contributed by atoms with Gasteiger partial charge in [0.15, 0.2) is 0 Å². The highest BCUT2D eigenvalue weighted by molar-refractivity contribution is 5.92. The molecule has 3 amide bonds. The highest BCUT2D eigenvalue weighted by Gasteiger charge is 2.10. The van der Waals surface area contributed by atoms with Gasteiger partial charge in [-0.2, -0.15) is 5.10 Å². The van der Waals surface area contributed by atoms with Crippen LogP contribution in [-0.2, 0) is 11.2 Å². The predicted molar refractivity (Wildman–Crippen MR) is 94.2 cm³/mol. The number of hydrogen-bond donors (Lipinski definition) is 3. The molecule has 7 nitrogen and oxygen atoms in total. The number of anilines is 2. The van der Waals surface area contributed by atoms with Crippen molar-refractivity contribution < 1.29 is 9.59 Å². The van der Waals surface area contributed by atoms with Gasteiger partial charge in [0.25, 0.3) is 0 Å². The van der Waals surface area contributed by atoms with E-state index in [9.17, 15) is 9.59 Å². The van der Waals surface area contributed by atoms with E-state index in [2.05, 4.69) is 20.8 Å². The van der Waals surface area contributed by atoms with Crippen molar-refractivity contribution in [2.45, 2.75) is 33.2 Å². The number of carbonyl (C=O) groups is 2. The number of aromatic amines is 1. The number of amides is 3. The summed E-state index contributed by atoms with van der Waals surface area (Å²) in [6.07, 6.45) is 0.653. The molecule has 0 unspecified atom stereocenters. The number of aromatic nitrogens is 2. The summed E-state index contributed by atoms with van der Waals surface area (Å²) < 4.78 is 0. The largest absolute Gasteiger partial charge is 0.335 e. The van der Waals surface area contributed by atoms with Crippen molar-refractivity contribution in [1.82, 2.24) is 15.5 Å². The number of H-pyrrole nitrogens is 1. The van der Waals surface area contributed by atoms with Crippen molar-refractivity contribution in [3.63, 3.8) is 0 Å². The van der Waals surface area contributed by atoms with Crippen LogP contribution in [0.25, 0.3) is 0 Å². The Labute approximate surface area is 141 Å². The van der Waals surface area contributed by atoms with Gasteiger partial charge in [0.05, 0.1) is 5.69 Å². The second kappa shape index (κ2) is 7.63. The summed E-state index contributed by atoms with van der Waals surface area (Å²) in [5.74, 6) is -0.0455. The van der Waals surface area contributed by atoms with Crippen LogP contribution in [0, 0.1) is 6.92 Å². The Morgan fingerprint density at radius 1 is 1.29 bits per heavy atom. The second-order valence-corrected chi connectivity index (χ2v) is 5.87. The number of rotatable bonds is 5. The number of nitrogens with one attached hydrogen (secondary N) is 3. The predicted octanol–water partition coefficient (Wildman–Crippen LogP) is 2.45. The minimum Gasteiger partial charge on any atom is -0.335 e. The first-order valence-electron chi connectivity index (χ1n) is 7.78. The third kappa shape index (κ3) is 4.84. The van der Waals surface area contributed by atoms with Crippen LogP contribution in [0.15, 0.2) is 30.3 Å². The Morgan fingerprint density at radius 2 is 1.96 bits per heavy atom. The Bertz CT molecular complexity index is 708. The standard InChI is InChI=1S/C17H23N5O2/c1-11(9-15-10-12(2)20-21-15)18-17(24)19-14-5-7-16(8-6-14)22(4)13(3)23/h5-8,10-11H,9H2,1-4H3,(H,20,21)(H2,18,19,24)/t11-/m0/s1. The molecule has 1 aromatic heterocycles. The van der Waals surface area contributed by atoms with Crippen LogP contribution in [0.1, 0.15) is 25.2 Å². The molecule has 0 saturated carbocycles. The van der Waals surface area contributed by atoms with Crippen LogP contribution in [0.3, 0.4) is 0 Å². The van der Waals surface area contributed by atoms with Crippen LogP contribution in [0.2, 0.25) is 0 Å². The SMILES string of the molecule is CC(=O)N(C)c1ccc(NC(=O)N[C@@H](C)Cc2cc(C)[nH]n2)cc1. The zero-order valence-corrected chi connectivity index (χ0v) is 14.4.